The van der Waals surface area contributed by atoms with E-state index in [1.165, 1.54) is 11.3 Å². The molecule has 0 radical (unpaired) electrons. The fraction of sp³-hybridized carbons (Fsp3) is 0.294. The predicted octanol–water partition coefficient (Wildman–Crippen LogP) is 3.21. The molecule has 4 rings (SSSR count). The number of benzene rings is 2. The lowest BCUT2D eigenvalue weighted by molar-refractivity contribution is -0.116. The third-order valence-corrected chi connectivity index (χ3v) is 7.10. The van der Waals surface area contributed by atoms with Gasteiger partial charge >= 0.3 is 0 Å². The van der Waals surface area contributed by atoms with Crippen LogP contribution in [0, 0.1) is 5.92 Å². The number of aromatic nitrogens is 1. The quantitative estimate of drug-likeness (QED) is 0.778. The first-order chi connectivity index (χ1) is 11.5. The van der Waals surface area contributed by atoms with Crippen LogP contribution in [0.3, 0.4) is 0 Å². The van der Waals surface area contributed by atoms with Gasteiger partial charge in [0, 0.05) is 11.8 Å². The number of hydrogen-bond donors (Lipinski definition) is 1. The van der Waals surface area contributed by atoms with Gasteiger partial charge in [-0.05, 0) is 23.8 Å². The van der Waals surface area contributed by atoms with E-state index in [1.807, 2.05) is 36.4 Å². The summed E-state index contributed by atoms with van der Waals surface area (Å²) in [5, 5.41) is 5.56. The van der Waals surface area contributed by atoms with Gasteiger partial charge in [0.15, 0.2) is 15.0 Å². The van der Waals surface area contributed by atoms with Crippen LogP contribution in [0.15, 0.2) is 36.4 Å². The first-order valence-corrected chi connectivity index (χ1v) is 10.4. The lowest BCUT2D eigenvalue weighted by Gasteiger charge is -2.06. The van der Waals surface area contributed by atoms with Gasteiger partial charge in [0.05, 0.1) is 21.7 Å². The second kappa shape index (κ2) is 5.82. The highest BCUT2D eigenvalue weighted by atomic mass is 32.2. The highest BCUT2D eigenvalue weighted by Gasteiger charge is 2.29. The average molecular weight is 360 g/mol. The maximum Gasteiger partial charge on any atom is 0.226 e. The molecule has 0 bridgehead atoms. The van der Waals surface area contributed by atoms with E-state index < -0.39 is 9.84 Å². The number of rotatable bonds is 3. The Labute approximate surface area is 143 Å². The van der Waals surface area contributed by atoms with Crippen LogP contribution in [0.4, 0.5) is 5.13 Å². The van der Waals surface area contributed by atoms with Gasteiger partial charge in [0.25, 0.3) is 0 Å². The summed E-state index contributed by atoms with van der Waals surface area (Å²) in [5.41, 5.74) is 0.886. The Morgan fingerprint density at radius 2 is 2.08 bits per heavy atom. The van der Waals surface area contributed by atoms with Crippen molar-refractivity contribution in [3.8, 4) is 0 Å². The van der Waals surface area contributed by atoms with Crippen LogP contribution in [0.5, 0.6) is 0 Å². The molecule has 1 aliphatic rings. The van der Waals surface area contributed by atoms with E-state index in [9.17, 15) is 13.2 Å². The Morgan fingerprint density at radius 1 is 1.25 bits per heavy atom. The molecular formula is C17H16N2O3S2. The van der Waals surface area contributed by atoms with Crippen molar-refractivity contribution < 1.29 is 13.2 Å². The Balaban J connectivity index is 1.54. The van der Waals surface area contributed by atoms with Crippen molar-refractivity contribution >= 4 is 53.2 Å². The van der Waals surface area contributed by atoms with Crippen molar-refractivity contribution in [2.24, 2.45) is 5.92 Å². The molecule has 1 aliphatic heterocycles. The second-order valence-corrected chi connectivity index (χ2v) is 9.43. The van der Waals surface area contributed by atoms with Crippen molar-refractivity contribution in [1.29, 1.82) is 0 Å². The van der Waals surface area contributed by atoms with Crippen molar-refractivity contribution in [2.45, 2.75) is 12.8 Å². The van der Waals surface area contributed by atoms with E-state index in [-0.39, 0.29) is 29.8 Å². The molecule has 124 valence electrons. The van der Waals surface area contributed by atoms with Gasteiger partial charge in [-0.15, -0.1) is 0 Å². The summed E-state index contributed by atoms with van der Waals surface area (Å²) in [6, 6.07) is 12.1. The summed E-state index contributed by atoms with van der Waals surface area (Å²) < 4.78 is 24.0. The SMILES string of the molecule is O=C(C[C@H]1CCS(=O)(=O)C1)Nc1nc2c(ccc3ccccc32)s1. The zero-order valence-corrected chi connectivity index (χ0v) is 14.5. The maximum absolute atomic E-state index is 12.2. The van der Waals surface area contributed by atoms with E-state index >= 15 is 0 Å². The van der Waals surface area contributed by atoms with Gasteiger partial charge in [-0.25, -0.2) is 13.4 Å². The highest BCUT2D eigenvalue weighted by Crippen LogP contribution is 2.32. The fourth-order valence-electron chi connectivity index (χ4n) is 3.18. The molecule has 1 amide bonds. The van der Waals surface area contributed by atoms with Crippen LogP contribution in [0.1, 0.15) is 12.8 Å². The van der Waals surface area contributed by atoms with E-state index in [1.54, 1.807) is 0 Å². The molecule has 2 heterocycles. The van der Waals surface area contributed by atoms with Crippen molar-refractivity contribution in [3.63, 3.8) is 0 Å². The van der Waals surface area contributed by atoms with Gasteiger partial charge < -0.3 is 5.32 Å². The molecule has 1 atom stereocenters. The molecule has 1 saturated heterocycles. The number of amides is 1. The molecule has 0 aliphatic carbocycles. The van der Waals surface area contributed by atoms with Gasteiger partial charge in [-0.3, -0.25) is 4.79 Å². The average Bonchev–Trinajstić information content (AvgIpc) is 3.09. The van der Waals surface area contributed by atoms with E-state index in [4.69, 9.17) is 0 Å². The minimum absolute atomic E-state index is 0.0785. The summed E-state index contributed by atoms with van der Waals surface area (Å²) in [6.07, 6.45) is 0.802. The minimum Gasteiger partial charge on any atom is -0.302 e. The molecule has 1 fully saturated rings. The van der Waals surface area contributed by atoms with Crippen LogP contribution in [0.25, 0.3) is 21.0 Å². The van der Waals surface area contributed by atoms with Crippen LogP contribution in [0.2, 0.25) is 0 Å². The molecule has 3 aromatic rings. The molecule has 0 saturated carbocycles. The zero-order chi connectivity index (χ0) is 16.7. The molecule has 1 aromatic heterocycles. The second-order valence-electron chi connectivity index (χ2n) is 6.17. The number of carbonyl (C=O) groups excluding carboxylic acids is 1. The number of anilines is 1. The van der Waals surface area contributed by atoms with Crippen molar-refractivity contribution in [1.82, 2.24) is 4.98 Å². The lowest BCUT2D eigenvalue weighted by Crippen LogP contribution is -2.17. The van der Waals surface area contributed by atoms with Crippen molar-refractivity contribution in [3.05, 3.63) is 36.4 Å². The third-order valence-electron chi connectivity index (χ3n) is 4.33. The fourth-order valence-corrected chi connectivity index (χ4v) is 5.94. The summed E-state index contributed by atoms with van der Waals surface area (Å²) in [6.45, 7) is 0. The van der Waals surface area contributed by atoms with Crippen molar-refractivity contribution in [2.75, 3.05) is 16.8 Å². The lowest BCUT2D eigenvalue weighted by atomic mass is 10.1. The molecule has 24 heavy (non-hydrogen) atoms. The van der Waals surface area contributed by atoms with Crippen LogP contribution < -0.4 is 5.32 Å². The molecule has 1 N–H and O–H groups in total. The number of nitrogens with one attached hydrogen (secondary N) is 1. The van der Waals surface area contributed by atoms with Gasteiger partial charge in [-0.2, -0.15) is 0 Å². The summed E-state index contributed by atoms with van der Waals surface area (Å²) in [5.74, 6) is 0.0638. The molecule has 0 spiro atoms. The Bertz CT molecular complexity index is 1040. The number of fused-ring (bicyclic) bond motifs is 3. The minimum atomic E-state index is -2.95. The van der Waals surface area contributed by atoms with Gasteiger partial charge in [-0.1, -0.05) is 41.7 Å². The van der Waals surface area contributed by atoms with Crippen LogP contribution in [-0.4, -0.2) is 30.8 Å². The zero-order valence-electron chi connectivity index (χ0n) is 12.9. The summed E-state index contributed by atoms with van der Waals surface area (Å²) in [4.78, 5) is 16.7. The number of hydrogen-bond acceptors (Lipinski definition) is 5. The van der Waals surface area contributed by atoms with Crippen LogP contribution in [-0.2, 0) is 14.6 Å². The molecular weight excluding hydrogens is 344 g/mol. The maximum atomic E-state index is 12.2. The first kappa shape index (κ1) is 15.5. The Hall–Kier alpha value is -1.99. The number of nitrogens with zero attached hydrogens (tertiary/aromatic N) is 1. The monoisotopic (exact) mass is 360 g/mol. The Kier molecular flexibility index (Phi) is 3.77. The smallest absolute Gasteiger partial charge is 0.226 e. The Morgan fingerprint density at radius 3 is 2.88 bits per heavy atom. The standard InChI is InChI=1S/C17H16N2O3S2/c20-15(9-11-7-8-24(21,22)10-11)18-17-19-16-13-4-2-1-3-12(13)5-6-14(16)23-17/h1-6,11H,7-10H2,(H,18,19,20)/t11-/m1/s1. The largest absolute Gasteiger partial charge is 0.302 e. The molecule has 5 nitrogen and oxygen atoms in total. The number of thiazole rings is 1. The van der Waals surface area contributed by atoms with Gasteiger partial charge in [0.2, 0.25) is 5.91 Å². The van der Waals surface area contributed by atoms with E-state index in [0.29, 0.717) is 11.6 Å². The first-order valence-electron chi connectivity index (χ1n) is 7.79. The molecule has 0 unspecified atom stereocenters. The number of carbonyl (C=O) groups is 1. The predicted molar refractivity (Wildman–Crippen MR) is 97.1 cm³/mol. The number of sulfone groups is 1. The van der Waals surface area contributed by atoms with E-state index in [2.05, 4.69) is 10.3 Å². The third kappa shape index (κ3) is 3.01. The van der Waals surface area contributed by atoms with E-state index in [0.717, 1.165) is 21.0 Å². The topological polar surface area (TPSA) is 76.1 Å². The summed E-state index contributed by atoms with van der Waals surface area (Å²) >= 11 is 1.44. The normalized spacial score (nSPS) is 19.8. The van der Waals surface area contributed by atoms with Crippen LogP contribution >= 0.6 is 11.3 Å². The van der Waals surface area contributed by atoms with Gasteiger partial charge in [0.1, 0.15) is 0 Å². The molecule has 7 heteroatoms. The molecule has 2 aromatic carbocycles. The summed E-state index contributed by atoms with van der Waals surface area (Å²) in [7, 11) is -2.95. The highest BCUT2D eigenvalue weighted by molar-refractivity contribution is 7.91.